The van der Waals surface area contributed by atoms with Gasteiger partial charge in [0, 0.05) is 43.0 Å². The Kier molecular flexibility index (Phi) is 5.81. The SMILES string of the molecule is CCn1cc(-c2cc(C(=O)NCCCn3cc(Cl)cn3)c3ccccc3n2)c(C)n1. The summed E-state index contributed by atoms with van der Waals surface area (Å²) in [4.78, 5) is 17.8. The second-order valence-corrected chi connectivity index (χ2v) is 7.52. The summed E-state index contributed by atoms with van der Waals surface area (Å²) in [5.41, 5.74) is 3.98. The quantitative estimate of drug-likeness (QED) is 0.455. The molecule has 0 fully saturated rings. The first kappa shape index (κ1) is 20.1. The maximum absolute atomic E-state index is 13.0. The molecule has 0 bridgehead atoms. The molecule has 1 amide bonds. The van der Waals surface area contributed by atoms with Gasteiger partial charge in [-0.25, -0.2) is 4.98 Å². The molecule has 0 saturated heterocycles. The molecule has 4 aromatic rings. The Hall–Kier alpha value is -3.19. The van der Waals surface area contributed by atoms with Crippen LogP contribution in [0.3, 0.4) is 0 Å². The molecule has 4 rings (SSSR count). The van der Waals surface area contributed by atoms with E-state index in [2.05, 4.69) is 15.5 Å². The predicted molar refractivity (Wildman–Crippen MR) is 118 cm³/mol. The average Bonchev–Trinajstić information content (AvgIpc) is 3.35. The van der Waals surface area contributed by atoms with Crippen LogP contribution in [0.25, 0.3) is 22.2 Å². The van der Waals surface area contributed by atoms with Gasteiger partial charge in [-0.2, -0.15) is 10.2 Å². The number of hydrogen-bond donors (Lipinski definition) is 1. The number of hydrogen-bond acceptors (Lipinski definition) is 4. The van der Waals surface area contributed by atoms with Crippen LogP contribution >= 0.6 is 11.6 Å². The lowest BCUT2D eigenvalue weighted by Crippen LogP contribution is -2.25. The number of pyridine rings is 1. The third-order valence-corrected chi connectivity index (χ3v) is 5.15. The number of nitrogens with one attached hydrogen (secondary N) is 1. The van der Waals surface area contributed by atoms with E-state index in [9.17, 15) is 4.79 Å². The molecule has 0 aliphatic carbocycles. The molecule has 3 aromatic heterocycles. The summed E-state index contributed by atoms with van der Waals surface area (Å²) in [7, 11) is 0. The Bertz CT molecular complexity index is 1200. The highest BCUT2D eigenvalue weighted by atomic mass is 35.5. The number of rotatable bonds is 7. The number of amides is 1. The standard InChI is InChI=1S/C22H23ClN6O/c1-3-28-14-19(15(2)27-28)21-11-18(17-7-4-5-8-20(17)26-21)22(30)24-9-6-10-29-13-16(23)12-25-29/h4-5,7-8,11-14H,3,6,9-10H2,1-2H3,(H,24,30). The van der Waals surface area contributed by atoms with Crippen LogP contribution in [0.1, 0.15) is 29.4 Å². The Labute approximate surface area is 179 Å². The third-order valence-electron chi connectivity index (χ3n) is 4.96. The van der Waals surface area contributed by atoms with Gasteiger partial charge in [0.15, 0.2) is 0 Å². The van der Waals surface area contributed by atoms with E-state index in [-0.39, 0.29) is 5.91 Å². The Morgan fingerprint density at radius 2 is 2.03 bits per heavy atom. The molecule has 0 saturated carbocycles. The molecule has 7 nitrogen and oxygen atoms in total. The first-order chi connectivity index (χ1) is 14.5. The van der Waals surface area contributed by atoms with Gasteiger partial charge in [-0.3, -0.25) is 14.2 Å². The van der Waals surface area contributed by atoms with Crippen LogP contribution in [0.2, 0.25) is 5.02 Å². The predicted octanol–water partition coefficient (Wildman–Crippen LogP) is 4.10. The maximum Gasteiger partial charge on any atom is 0.252 e. The largest absolute Gasteiger partial charge is 0.352 e. The number of aryl methyl sites for hydroxylation is 3. The van der Waals surface area contributed by atoms with E-state index in [4.69, 9.17) is 16.6 Å². The molecule has 0 unspecified atom stereocenters. The minimum atomic E-state index is -0.117. The van der Waals surface area contributed by atoms with Crippen LogP contribution < -0.4 is 5.32 Å². The first-order valence-corrected chi connectivity index (χ1v) is 10.3. The number of fused-ring (bicyclic) bond motifs is 1. The van der Waals surface area contributed by atoms with E-state index in [1.165, 1.54) is 0 Å². The summed E-state index contributed by atoms with van der Waals surface area (Å²) in [5.74, 6) is -0.117. The summed E-state index contributed by atoms with van der Waals surface area (Å²) in [6.07, 6.45) is 6.10. The Balaban J connectivity index is 1.57. The van der Waals surface area contributed by atoms with E-state index >= 15 is 0 Å². The van der Waals surface area contributed by atoms with Crippen molar-refractivity contribution in [2.75, 3.05) is 6.54 Å². The van der Waals surface area contributed by atoms with Crippen molar-refractivity contribution in [1.29, 1.82) is 0 Å². The van der Waals surface area contributed by atoms with Gasteiger partial charge in [-0.1, -0.05) is 29.8 Å². The highest BCUT2D eigenvalue weighted by molar-refractivity contribution is 6.30. The molecule has 0 spiro atoms. The Morgan fingerprint density at radius 1 is 1.20 bits per heavy atom. The normalized spacial score (nSPS) is 11.2. The summed E-state index contributed by atoms with van der Waals surface area (Å²) < 4.78 is 3.64. The van der Waals surface area contributed by atoms with E-state index < -0.39 is 0 Å². The first-order valence-electron chi connectivity index (χ1n) is 9.95. The lowest BCUT2D eigenvalue weighted by molar-refractivity contribution is 0.0954. The monoisotopic (exact) mass is 422 g/mol. The van der Waals surface area contributed by atoms with Crippen LogP contribution in [-0.2, 0) is 13.1 Å². The Morgan fingerprint density at radius 3 is 2.77 bits per heavy atom. The number of nitrogens with zero attached hydrogens (tertiary/aromatic N) is 5. The third kappa shape index (κ3) is 4.21. The van der Waals surface area contributed by atoms with Gasteiger partial charge in [0.2, 0.25) is 0 Å². The second kappa shape index (κ2) is 8.67. The molecular weight excluding hydrogens is 400 g/mol. The van der Waals surface area contributed by atoms with Crippen molar-refractivity contribution in [3.05, 3.63) is 65.2 Å². The summed E-state index contributed by atoms with van der Waals surface area (Å²) in [6.45, 7) is 6.00. The van der Waals surface area contributed by atoms with Crippen molar-refractivity contribution in [3.63, 3.8) is 0 Å². The van der Waals surface area contributed by atoms with Crippen molar-refractivity contribution in [3.8, 4) is 11.3 Å². The molecule has 1 aromatic carbocycles. The van der Waals surface area contributed by atoms with Gasteiger partial charge in [-0.15, -0.1) is 0 Å². The number of halogens is 1. The number of para-hydroxylation sites is 1. The van der Waals surface area contributed by atoms with Gasteiger partial charge in [-0.05, 0) is 32.4 Å². The molecule has 3 heterocycles. The molecule has 0 radical (unpaired) electrons. The maximum atomic E-state index is 13.0. The van der Waals surface area contributed by atoms with Gasteiger partial charge >= 0.3 is 0 Å². The van der Waals surface area contributed by atoms with Crippen LogP contribution in [0, 0.1) is 6.92 Å². The van der Waals surface area contributed by atoms with E-state index in [1.807, 2.05) is 55.1 Å². The molecule has 0 aliphatic heterocycles. The van der Waals surface area contributed by atoms with Crippen LogP contribution in [0.5, 0.6) is 0 Å². The van der Waals surface area contributed by atoms with Gasteiger partial charge in [0.05, 0.1) is 33.7 Å². The van der Waals surface area contributed by atoms with E-state index in [0.717, 1.165) is 40.8 Å². The topological polar surface area (TPSA) is 77.6 Å². The van der Waals surface area contributed by atoms with Crippen LogP contribution in [-0.4, -0.2) is 37.0 Å². The minimum Gasteiger partial charge on any atom is -0.352 e. The zero-order chi connectivity index (χ0) is 21.1. The smallest absolute Gasteiger partial charge is 0.252 e. The number of carbonyl (C=O) groups is 1. The summed E-state index contributed by atoms with van der Waals surface area (Å²) in [6, 6.07) is 9.56. The van der Waals surface area contributed by atoms with Crippen molar-refractivity contribution < 1.29 is 4.79 Å². The molecule has 0 atom stereocenters. The fourth-order valence-corrected chi connectivity index (χ4v) is 3.59. The molecule has 154 valence electrons. The zero-order valence-corrected chi connectivity index (χ0v) is 17.7. The minimum absolute atomic E-state index is 0.117. The van der Waals surface area contributed by atoms with Gasteiger partial charge < -0.3 is 5.32 Å². The highest BCUT2D eigenvalue weighted by Gasteiger charge is 2.16. The molecule has 0 aliphatic rings. The lowest BCUT2D eigenvalue weighted by atomic mass is 10.0. The van der Waals surface area contributed by atoms with Gasteiger partial charge in [0.25, 0.3) is 5.91 Å². The molecule has 1 N–H and O–H groups in total. The fourth-order valence-electron chi connectivity index (χ4n) is 3.43. The highest BCUT2D eigenvalue weighted by Crippen LogP contribution is 2.26. The zero-order valence-electron chi connectivity index (χ0n) is 17.0. The number of benzene rings is 1. The van der Waals surface area contributed by atoms with Crippen LogP contribution in [0.15, 0.2) is 48.9 Å². The van der Waals surface area contributed by atoms with Crippen molar-refractivity contribution >= 4 is 28.4 Å². The van der Waals surface area contributed by atoms with Crippen LogP contribution in [0.4, 0.5) is 0 Å². The summed E-state index contributed by atoms with van der Waals surface area (Å²) in [5, 5.41) is 13.1. The lowest BCUT2D eigenvalue weighted by Gasteiger charge is -2.10. The molecular formula is C22H23ClN6O. The summed E-state index contributed by atoms with van der Waals surface area (Å²) >= 11 is 5.88. The van der Waals surface area contributed by atoms with E-state index in [0.29, 0.717) is 23.7 Å². The van der Waals surface area contributed by atoms with E-state index in [1.54, 1.807) is 17.1 Å². The molecule has 8 heteroatoms. The average molecular weight is 423 g/mol. The second-order valence-electron chi connectivity index (χ2n) is 7.09. The van der Waals surface area contributed by atoms with Crippen molar-refractivity contribution in [2.45, 2.75) is 33.4 Å². The van der Waals surface area contributed by atoms with Crippen molar-refractivity contribution in [1.82, 2.24) is 29.9 Å². The van der Waals surface area contributed by atoms with Crippen molar-refractivity contribution in [2.24, 2.45) is 0 Å². The van der Waals surface area contributed by atoms with Gasteiger partial charge in [0.1, 0.15) is 0 Å². The number of aromatic nitrogens is 5. The number of carbonyl (C=O) groups excluding carboxylic acids is 1. The fraction of sp³-hybridized carbons (Fsp3) is 0.273. The molecule has 30 heavy (non-hydrogen) atoms.